The second-order valence-corrected chi connectivity index (χ2v) is 11.6. The molecule has 3 aromatic rings. The van der Waals surface area contributed by atoms with Gasteiger partial charge in [-0.05, 0) is 50.2 Å². The number of nitrogens with one attached hydrogen (secondary N) is 1. The monoisotopic (exact) mass is 525 g/mol. The van der Waals surface area contributed by atoms with E-state index in [1.807, 2.05) is 24.3 Å². The molecule has 1 aromatic carbocycles. The standard InChI is InChI=1S/C30H40ClN3OS/c1-4-6-12-22(5-2)18-32-29(35)25-17-28(34(21(25)3)19-23-13-8-7-9-14-23)27-20-36-30(33-27)24-15-10-11-16-26(24)31/h10-11,15-17,20,22-23H,4-9,12-14,18-19H2,1-3H3,(H,32,35). The minimum atomic E-state index is 0.0349. The smallest absolute Gasteiger partial charge is 0.253 e. The molecule has 36 heavy (non-hydrogen) atoms. The van der Waals surface area contributed by atoms with Gasteiger partial charge >= 0.3 is 0 Å². The Balaban J connectivity index is 1.62. The zero-order valence-electron chi connectivity index (χ0n) is 22.0. The van der Waals surface area contributed by atoms with E-state index in [4.69, 9.17) is 16.6 Å². The molecule has 4 rings (SSSR count). The van der Waals surface area contributed by atoms with Crippen molar-refractivity contribution in [3.05, 3.63) is 52.0 Å². The number of carbonyl (C=O) groups is 1. The summed E-state index contributed by atoms with van der Waals surface area (Å²) in [5, 5.41) is 6.97. The minimum absolute atomic E-state index is 0.0349. The molecule has 1 aliphatic carbocycles. The number of halogens is 1. The quantitative estimate of drug-likeness (QED) is 0.272. The second-order valence-electron chi connectivity index (χ2n) is 10.3. The molecule has 0 bridgehead atoms. The Labute approximate surface area is 225 Å². The van der Waals surface area contributed by atoms with Gasteiger partial charge in [0.15, 0.2) is 0 Å². The van der Waals surface area contributed by atoms with Crippen molar-refractivity contribution < 1.29 is 4.79 Å². The molecule has 1 unspecified atom stereocenters. The van der Waals surface area contributed by atoms with E-state index in [-0.39, 0.29) is 5.91 Å². The van der Waals surface area contributed by atoms with Crippen LogP contribution >= 0.6 is 22.9 Å². The number of rotatable bonds is 11. The minimum Gasteiger partial charge on any atom is -0.352 e. The average Bonchev–Trinajstić information content (AvgIpc) is 3.50. The summed E-state index contributed by atoms with van der Waals surface area (Å²) in [7, 11) is 0. The maximum atomic E-state index is 13.4. The Morgan fingerprint density at radius 3 is 2.72 bits per heavy atom. The third kappa shape index (κ3) is 6.41. The third-order valence-electron chi connectivity index (χ3n) is 7.74. The lowest BCUT2D eigenvalue weighted by atomic mass is 9.89. The fraction of sp³-hybridized carbons (Fsp3) is 0.533. The first-order valence-electron chi connectivity index (χ1n) is 13.7. The van der Waals surface area contributed by atoms with Gasteiger partial charge in [0.25, 0.3) is 5.91 Å². The van der Waals surface area contributed by atoms with Gasteiger partial charge in [-0.2, -0.15) is 0 Å². The Morgan fingerprint density at radius 2 is 2.00 bits per heavy atom. The SMILES string of the molecule is CCCCC(CC)CNC(=O)c1cc(-c2csc(-c3ccccc3Cl)n2)n(CC2CCCCC2)c1C. The highest BCUT2D eigenvalue weighted by atomic mass is 35.5. The largest absolute Gasteiger partial charge is 0.352 e. The van der Waals surface area contributed by atoms with Gasteiger partial charge in [0.05, 0.1) is 22.0 Å². The molecule has 4 nitrogen and oxygen atoms in total. The molecular formula is C30H40ClN3OS. The van der Waals surface area contributed by atoms with E-state index in [0.29, 0.717) is 16.9 Å². The molecule has 1 aliphatic rings. The van der Waals surface area contributed by atoms with Crippen molar-refractivity contribution in [2.75, 3.05) is 6.54 Å². The zero-order valence-corrected chi connectivity index (χ0v) is 23.6. The molecule has 0 spiro atoms. The van der Waals surface area contributed by atoms with Crippen LogP contribution in [-0.4, -0.2) is 22.0 Å². The van der Waals surface area contributed by atoms with Crippen LogP contribution in [0, 0.1) is 18.8 Å². The predicted octanol–water partition coefficient (Wildman–Crippen LogP) is 8.77. The summed E-state index contributed by atoms with van der Waals surface area (Å²) in [5.41, 5.74) is 4.73. The predicted molar refractivity (Wildman–Crippen MR) is 153 cm³/mol. The van der Waals surface area contributed by atoms with Crippen LogP contribution < -0.4 is 5.32 Å². The van der Waals surface area contributed by atoms with Crippen LogP contribution in [0.3, 0.4) is 0 Å². The van der Waals surface area contributed by atoms with E-state index in [9.17, 15) is 4.79 Å². The highest BCUT2D eigenvalue weighted by molar-refractivity contribution is 7.13. The van der Waals surface area contributed by atoms with E-state index in [2.05, 4.69) is 42.1 Å². The molecule has 0 saturated heterocycles. The van der Waals surface area contributed by atoms with Gasteiger partial charge in [0.1, 0.15) is 5.01 Å². The Bertz CT molecular complexity index is 1150. The first kappa shape index (κ1) is 26.9. The van der Waals surface area contributed by atoms with Crippen molar-refractivity contribution in [3.8, 4) is 22.0 Å². The van der Waals surface area contributed by atoms with Gasteiger partial charge in [-0.15, -0.1) is 11.3 Å². The highest BCUT2D eigenvalue weighted by Crippen LogP contribution is 2.36. The first-order chi connectivity index (χ1) is 17.5. The molecule has 2 aromatic heterocycles. The van der Waals surface area contributed by atoms with E-state index in [1.165, 1.54) is 51.4 Å². The van der Waals surface area contributed by atoms with Crippen LogP contribution in [0.4, 0.5) is 0 Å². The van der Waals surface area contributed by atoms with Crippen molar-refractivity contribution in [1.82, 2.24) is 14.9 Å². The van der Waals surface area contributed by atoms with Crippen LogP contribution in [0.15, 0.2) is 35.7 Å². The summed E-state index contributed by atoms with van der Waals surface area (Å²) >= 11 is 8.06. The van der Waals surface area contributed by atoms with Crippen LogP contribution in [0.2, 0.25) is 5.02 Å². The number of hydrogen-bond donors (Lipinski definition) is 1. The van der Waals surface area contributed by atoms with Gasteiger partial charge in [-0.3, -0.25) is 4.79 Å². The normalized spacial score (nSPS) is 15.2. The lowest BCUT2D eigenvalue weighted by Gasteiger charge is -2.24. The Hall–Kier alpha value is -2.11. The fourth-order valence-corrected chi connectivity index (χ4v) is 6.51. The molecule has 1 fully saturated rings. The molecule has 1 atom stereocenters. The maximum Gasteiger partial charge on any atom is 0.253 e. The van der Waals surface area contributed by atoms with Crippen molar-refractivity contribution >= 4 is 28.8 Å². The summed E-state index contributed by atoms with van der Waals surface area (Å²) < 4.78 is 2.35. The number of nitrogens with zero attached hydrogens (tertiary/aromatic N) is 2. The van der Waals surface area contributed by atoms with Gasteiger partial charge in [-0.1, -0.05) is 82.2 Å². The van der Waals surface area contributed by atoms with E-state index in [0.717, 1.165) is 52.7 Å². The van der Waals surface area contributed by atoms with Crippen LogP contribution in [0.5, 0.6) is 0 Å². The maximum absolute atomic E-state index is 13.4. The summed E-state index contributed by atoms with van der Waals surface area (Å²) in [4.78, 5) is 18.3. The van der Waals surface area contributed by atoms with E-state index < -0.39 is 0 Å². The number of hydrogen-bond acceptors (Lipinski definition) is 3. The summed E-state index contributed by atoms with van der Waals surface area (Å²) in [6.45, 7) is 8.22. The lowest BCUT2D eigenvalue weighted by molar-refractivity contribution is 0.0945. The summed E-state index contributed by atoms with van der Waals surface area (Å²) in [6, 6.07) is 9.91. The van der Waals surface area contributed by atoms with Crippen LogP contribution in [-0.2, 0) is 6.54 Å². The summed E-state index contributed by atoms with van der Waals surface area (Å²) in [5.74, 6) is 1.22. The lowest BCUT2D eigenvalue weighted by Crippen LogP contribution is -2.29. The van der Waals surface area contributed by atoms with Gasteiger partial charge in [0, 0.05) is 29.7 Å². The van der Waals surface area contributed by atoms with E-state index in [1.54, 1.807) is 11.3 Å². The van der Waals surface area contributed by atoms with E-state index >= 15 is 0 Å². The van der Waals surface area contributed by atoms with Crippen molar-refractivity contribution in [3.63, 3.8) is 0 Å². The van der Waals surface area contributed by atoms with Gasteiger partial charge in [0.2, 0.25) is 0 Å². The molecule has 1 saturated carbocycles. The van der Waals surface area contributed by atoms with Crippen LogP contribution in [0.1, 0.15) is 87.7 Å². The highest BCUT2D eigenvalue weighted by Gasteiger charge is 2.24. The topological polar surface area (TPSA) is 46.9 Å². The third-order valence-corrected chi connectivity index (χ3v) is 8.95. The average molecular weight is 526 g/mol. The number of aromatic nitrogens is 2. The molecule has 194 valence electrons. The van der Waals surface area contributed by atoms with Crippen molar-refractivity contribution in [1.29, 1.82) is 0 Å². The zero-order chi connectivity index (χ0) is 25.5. The molecule has 1 amide bonds. The van der Waals surface area contributed by atoms with Crippen LogP contribution in [0.25, 0.3) is 22.0 Å². The van der Waals surface area contributed by atoms with Gasteiger partial charge < -0.3 is 9.88 Å². The number of unbranched alkanes of at least 4 members (excludes halogenated alkanes) is 1. The molecular weight excluding hydrogens is 486 g/mol. The Kier molecular flexibility index (Phi) is 9.66. The molecule has 0 radical (unpaired) electrons. The van der Waals surface area contributed by atoms with Gasteiger partial charge in [-0.25, -0.2) is 4.98 Å². The molecule has 1 N–H and O–H groups in total. The van der Waals surface area contributed by atoms with Crippen molar-refractivity contribution in [2.24, 2.45) is 11.8 Å². The number of thiazole rings is 1. The molecule has 0 aliphatic heterocycles. The number of carbonyl (C=O) groups excluding carboxylic acids is 1. The molecule has 6 heteroatoms. The molecule has 2 heterocycles. The number of amides is 1. The van der Waals surface area contributed by atoms with Crippen molar-refractivity contribution in [2.45, 2.75) is 85.1 Å². The number of benzene rings is 1. The summed E-state index contributed by atoms with van der Waals surface area (Å²) in [6.07, 6.45) is 11.1. The fourth-order valence-electron chi connectivity index (χ4n) is 5.38. The Morgan fingerprint density at radius 1 is 1.22 bits per heavy atom. The second kappa shape index (κ2) is 12.9. The first-order valence-corrected chi connectivity index (χ1v) is 15.0.